The molecular weight excluding hydrogens is 347 g/mol. The molecule has 0 saturated heterocycles. The van der Waals surface area contributed by atoms with Gasteiger partial charge in [-0.05, 0) is 23.3 Å². The van der Waals surface area contributed by atoms with Crippen LogP contribution in [0, 0.1) is 5.82 Å². The Morgan fingerprint density at radius 1 is 1.16 bits per heavy atom. The molecule has 3 aromatic heterocycles. The summed E-state index contributed by atoms with van der Waals surface area (Å²) in [6.07, 6.45) is 3.25. The molecule has 9 heteroatoms. The van der Waals surface area contributed by atoms with Crippen LogP contribution in [0.1, 0.15) is 6.92 Å². The Labute approximate surface area is 148 Å². The van der Waals surface area contributed by atoms with Gasteiger partial charge in [-0.15, -0.1) is 12.4 Å². The summed E-state index contributed by atoms with van der Waals surface area (Å²) in [5.74, 6) is 0.345. The summed E-state index contributed by atoms with van der Waals surface area (Å²) in [5, 5.41) is 7.42. The molecular formula is C16H14ClFN6O. The van der Waals surface area contributed by atoms with Gasteiger partial charge < -0.3 is 10.3 Å². The minimum Gasteiger partial charge on any atom is -0.379 e. The Bertz CT molecular complexity index is 1040. The molecule has 0 aliphatic heterocycles. The lowest BCUT2D eigenvalue weighted by Gasteiger charge is -2.09. The fourth-order valence-electron chi connectivity index (χ4n) is 2.80. The van der Waals surface area contributed by atoms with Gasteiger partial charge in [0.2, 0.25) is 0 Å². The number of aryl methyl sites for hydroxylation is 1. The van der Waals surface area contributed by atoms with E-state index in [1.165, 1.54) is 6.07 Å². The standard InChI is InChI=1S/C16H13FN6O.ClH/c1-2-23-14-10(9-5-3-4-6-11(9)17)7-19-8-12(14)20-16(23)13-15(18)22-24-21-13;/h3-8H,2H2,1H3,(H2,18,22);1H. The zero-order valence-corrected chi connectivity index (χ0v) is 14.0. The van der Waals surface area contributed by atoms with Gasteiger partial charge in [0.1, 0.15) is 11.3 Å². The molecule has 2 N–H and O–H groups in total. The molecule has 0 unspecified atom stereocenters. The van der Waals surface area contributed by atoms with Crippen LogP contribution in [0.4, 0.5) is 10.2 Å². The van der Waals surface area contributed by atoms with Gasteiger partial charge in [-0.25, -0.2) is 14.0 Å². The Morgan fingerprint density at radius 2 is 1.96 bits per heavy atom. The smallest absolute Gasteiger partial charge is 0.199 e. The van der Waals surface area contributed by atoms with Gasteiger partial charge in [0.15, 0.2) is 17.3 Å². The summed E-state index contributed by atoms with van der Waals surface area (Å²) >= 11 is 0. The molecule has 4 aromatic rings. The molecule has 0 spiro atoms. The second-order valence-corrected chi connectivity index (χ2v) is 5.21. The number of nitrogens with two attached hydrogens (primary N) is 1. The zero-order chi connectivity index (χ0) is 16.7. The molecule has 0 radical (unpaired) electrons. The number of imidazole rings is 1. The lowest BCUT2D eigenvalue weighted by Crippen LogP contribution is -2.01. The monoisotopic (exact) mass is 360 g/mol. The average molecular weight is 361 g/mol. The first-order chi connectivity index (χ1) is 11.7. The van der Waals surface area contributed by atoms with Gasteiger partial charge in [-0.2, -0.15) is 0 Å². The first-order valence-electron chi connectivity index (χ1n) is 7.38. The number of fused-ring (bicyclic) bond motifs is 1. The number of nitrogens with zero attached hydrogens (tertiary/aromatic N) is 5. The number of aromatic nitrogens is 5. The van der Waals surface area contributed by atoms with Gasteiger partial charge in [0, 0.05) is 23.9 Å². The van der Waals surface area contributed by atoms with Crippen LogP contribution in [0.3, 0.4) is 0 Å². The summed E-state index contributed by atoms with van der Waals surface area (Å²) in [6.45, 7) is 2.55. The third kappa shape index (κ3) is 2.60. The minimum atomic E-state index is -0.320. The maximum absolute atomic E-state index is 14.3. The molecule has 0 saturated carbocycles. The van der Waals surface area contributed by atoms with E-state index in [2.05, 4.69) is 24.9 Å². The van der Waals surface area contributed by atoms with Crippen molar-refractivity contribution in [3.63, 3.8) is 0 Å². The summed E-state index contributed by atoms with van der Waals surface area (Å²) in [5.41, 5.74) is 8.64. The number of nitrogen functional groups attached to an aromatic ring is 1. The minimum absolute atomic E-state index is 0. The molecule has 25 heavy (non-hydrogen) atoms. The highest BCUT2D eigenvalue weighted by Gasteiger charge is 2.21. The molecule has 0 fully saturated rings. The topological polar surface area (TPSA) is 95.7 Å². The summed E-state index contributed by atoms with van der Waals surface area (Å²) in [4.78, 5) is 8.73. The molecule has 3 heterocycles. The van der Waals surface area contributed by atoms with Crippen LogP contribution < -0.4 is 5.73 Å². The van der Waals surface area contributed by atoms with E-state index in [-0.39, 0.29) is 24.0 Å². The van der Waals surface area contributed by atoms with Crippen molar-refractivity contribution in [2.75, 3.05) is 5.73 Å². The van der Waals surface area contributed by atoms with E-state index >= 15 is 0 Å². The van der Waals surface area contributed by atoms with Crippen molar-refractivity contribution in [2.24, 2.45) is 0 Å². The third-order valence-electron chi connectivity index (χ3n) is 3.86. The Morgan fingerprint density at radius 3 is 2.64 bits per heavy atom. The van der Waals surface area contributed by atoms with Crippen molar-refractivity contribution in [1.29, 1.82) is 0 Å². The molecule has 0 aliphatic rings. The molecule has 0 bridgehead atoms. The molecule has 0 aliphatic carbocycles. The largest absolute Gasteiger partial charge is 0.379 e. The predicted octanol–water partition coefficient (Wildman–Crippen LogP) is 3.31. The van der Waals surface area contributed by atoms with Crippen LogP contribution >= 0.6 is 12.4 Å². The number of hydrogen-bond acceptors (Lipinski definition) is 6. The highest BCUT2D eigenvalue weighted by molar-refractivity contribution is 5.94. The lowest BCUT2D eigenvalue weighted by molar-refractivity contribution is 0.310. The van der Waals surface area contributed by atoms with Crippen molar-refractivity contribution in [3.8, 4) is 22.6 Å². The molecule has 7 nitrogen and oxygen atoms in total. The van der Waals surface area contributed by atoms with Crippen molar-refractivity contribution in [3.05, 3.63) is 42.5 Å². The number of rotatable bonds is 3. The number of benzene rings is 1. The van der Waals surface area contributed by atoms with E-state index in [1.807, 2.05) is 11.5 Å². The zero-order valence-electron chi connectivity index (χ0n) is 13.2. The number of halogens is 2. The van der Waals surface area contributed by atoms with Gasteiger partial charge in [0.05, 0.1) is 11.7 Å². The van der Waals surface area contributed by atoms with Crippen LogP contribution in [0.25, 0.3) is 33.7 Å². The van der Waals surface area contributed by atoms with Crippen LogP contribution in [0.15, 0.2) is 41.3 Å². The Kier molecular flexibility index (Phi) is 4.37. The molecule has 128 valence electrons. The highest BCUT2D eigenvalue weighted by Crippen LogP contribution is 2.33. The van der Waals surface area contributed by atoms with E-state index in [0.29, 0.717) is 34.7 Å². The summed E-state index contributed by atoms with van der Waals surface area (Å²) in [7, 11) is 0. The Balaban J connectivity index is 0.00000182. The van der Waals surface area contributed by atoms with Crippen molar-refractivity contribution >= 4 is 29.3 Å². The number of hydrogen-bond donors (Lipinski definition) is 1. The number of pyridine rings is 1. The van der Waals surface area contributed by atoms with Crippen molar-refractivity contribution in [2.45, 2.75) is 13.5 Å². The van der Waals surface area contributed by atoms with Gasteiger partial charge in [-0.1, -0.05) is 18.2 Å². The highest BCUT2D eigenvalue weighted by atomic mass is 35.5. The average Bonchev–Trinajstić information content (AvgIpc) is 3.17. The van der Waals surface area contributed by atoms with Crippen molar-refractivity contribution < 1.29 is 9.02 Å². The predicted molar refractivity (Wildman–Crippen MR) is 93.5 cm³/mol. The van der Waals surface area contributed by atoms with Crippen LogP contribution in [-0.4, -0.2) is 24.8 Å². The number of anilines is 1. The lowest BCUT2D eigenvalue weighted by atomic mass is 10.1. The van der Waals surface area contributed by atoms with Crippen LogP contribution in [0.5, 0.6) is 0 Å². The Hall–Kier alpha value is -3.00. The summed E-state index contributed by atoms with van der Waals surface area (Å²) in [6, 6.07) is 6.56. The third-order valence-corrected chi connectivity index (χ3v) is 3.86. The normalized spacial score (nSPS) is 10.8. The van der Waals surface area contributed by atoms with Crippen molar-refractivity contribution in [1.82, 2.24) is 24.8 Å². The molecule has 4 rings (SSSR count). The quantitative estimate of drug-likeness (QED) is 0.602. The second kappa shape index (κ2) is 6.48. The second-order valence-electron chi connectivity index (χ2n) is 5.21. The molecule has 1 aromatic carbocycles. The van der Waals surface area contributed by atoms with E-state index in [0.717, 1.165) is 5.52 Å². The fraction of sp³-hybridized carbons (Fsp3) is 0.125. The van der Waals surface area contributed by atoms with Gasteiger partial charge in [-0.3, -0.25) is 4.98 Å². The van der Waals surface area contributed by atoms with E-state index in [9.17, 15) is 4.39 Å². The van der Waals surface area contributed by atoms with E-state index in [4.69, 9.17) is 5.73 Å². The SMILES string of the molecule is CCn1c(-c2nonc2N)nc2cncc(-c3ccccc3F)c21.Cl. The molecule has 0 atom stereocenters. The fourth-order valence-corrected chi connectivity index (χ4v) is 2.80. The first kappa shape index (κ1) is 16.8. The van der Waals surface area contributed by atoms with Gasteiger partial charge >= 0.3 is 0 Å². The first-order valence-corrected chi connectivity index (χ1v) is 7.38. The van der Waals surface area contributed by atoms with E-state index < -0.39 is 0 Å². The van der Waals surface area contributed by atoms with Crippen LogP contribution in [0.2, 0.25) is 0 Å². The maximum Gasteiger partial charge on any atom is 0.199 e. The summed E-state index contributed by atoms with van der Waals surface area (Å²) < 4.78 is 20.8. The molecule has 0 amide bonds. The maximum atomic E-state index is 14.3. The van der Waals surface area contributed by atoms with Crippen LogP contribution in [-0.2, 0) is 6.54 Å². The van der Waals surface area contributed by atoms with E-state index in [1.54, 1.807) is 30.6 Å². The van der Waals surface area contributed by atoms with Gasteiger partial charge in [0.25, 0.3) is 0 Å².